The van der Waals surface area contributed by atoms with Crippen LogP contribution in [0.5, 0.6) is 0 Å². The number of halogens is 2. The van der Waals surface area contributed by atoms with Crippen molar-refractivity contribution < 1.29 is 13.7 Å². The molecule has 0 atom stereocenters. The van der Waals surface area contributed by atoms with Gasteiger partial charge in [-0.1, -0.05) is 0 Å². The SMILES string of the molecule is O=[N+]([O-])/C=C/C(F)F. The molecule has 0 bridgehead atoms. The molecule has 0 aliphatic heterocycles. The fourth-order valence-corrected chi connectivity index (χ4v) is 0.135. The Labute approximate surface area is 43.8 Å². The van der Waals surface area contributed by atoms with Crippen LogP contribution in [0.3, 0.4) is 0 Å². The average molecular weight is 123 g/mol. The molecule has 0 unspecified atom stereocenters. The summed E-state index contributed by atoms with van der Waals surface area (Å²) in [5.74, 6) is 0. The molecule has 0 spiro atoms. The zero-order valence-electron chi connectivity index (χ0n) is 3.75. The lowest BCUT2D eigenvalue weighted by molar-refractivity contribution is -0.403. The molecule has 0 heterocycles. The highest BCUT2D eigenvalue weighted by molar-refractivity contribution is 4.74. The zero-order chi connectivity index (χ0) is 6.57. The van der Waals surface area contributed by atoms with Crippen LogP contribution in [0, 0.1) is 10.1 Å². The standard InChI is InChI=1S/C3H3F2NO2/c4-3(5)1-2-6(7)8/h1-3H/b2-1+. The average Bonchev–Trinajstić information content (AvgIpc) is 1.61. The van der Waals surface area contributed by atoms with Crippen LogP contribution in [0.1, 0.15) is 0 Å². The Hall–Kier alpha value is -1.00. The van der Waals surface area contributed by atoms with Gasteiger partial charge in [0.15, 0.2) is 0 Å². The van der Waals surface area contributed by atoms with E-state index in [4.69, 9.17) is 0 Å². The van der Waals surface area contributed by atoms with Crippen LogP contribution in [0.25, 0.3) is 0 Å². The topological polar surface area (TPSA) is 43.1 Å². The third kappa shape index (κ3) is 5.00. The molecule has 0 fully saturated rings. The van der Waals surface area contributed by atoms with Crippen molar-refractivity contribution in [1.29, 1.82) is 0 Å². The minimum Gasteiger partial charge on any atom is -0.259 e. The molecule has 0 saturated carbocycles. The highest BCUT2D eigenvalue weighted by Crippen LogP contribution is 1.92. The minimum absolute atomic E-state index is 0.208. The van der Waals surface area contributed by atoms with Crippen molar-refractivity contribution in [3.8, 4) is 0 Å². The third-order valence-electron chi connectivity index (χ3n) is 0.353. The first-order valence-electron chi connectivity index (χ1n) is 1.73. The Morgan fingerprint density at radius 2 is 2.12 bits per heavy atom. The number of allylic oxidation sites excluding steroid dienone is 1. The van der Waals surface area contributed by atoms with Gasteiger partial charge in [0.25, 0.3) is 6.43 Å². The van der Waals surface area contributed by atoms with Crippen molar-refractivity contribution in [1.82, 2.24) is 0 Å². The largest absolute Gasteiger partial charge is 0.263 e. The van der Waals surface area contributed by atoms with E-state index in [1.807, 2.05) is 0 Å². The van der Waals surface area contributed by atoms with Crippen LogP contribution >= 0.6 is 0 Å². The number of hydrogen-bond acceptors (Lipinski definition) is 2. The fraction of sp³-hybridized carbons (Fsp3) is 0.333. The van der Waals surface area contributed by atoms with E-state index in [1.54, 1.807) is 0 Å². The van der Waals surface area contributed by atoms with Crippen LogP contribution in [-0.4, -0.2) is 11.3 Å². The van der Waals surface area contributed by atoms with Gasteiger partial charge in [0.1, 0.15) is 0 Å². The molecule has 0 rings (SSSR count). The van der Waals surface area contributed by atoms with E-state index in [9.17, 15) is 18.9 Å². The number of hydrogen-bond donors (Lipinski definition) is 0. The van der Waals surface area contributed by atoms with E-state index in [0.29, 0.717) is 0 Å². The summed E-state index contributed by atoms with van der Waals surface area (Å²) in [4.78, 5) is 8.35. The monoisotopic (exact) mass is 123 g/mol. The lowest BCUT2D eigenvalue weighted by Crippen LogP contribution is -1.87. The van der Waals surface area contributed by atoms with Crippen molar-refractivity contribution in [2.45, 2.75) is 6.43 Å². The molecule has 0 saturated heterocycles. The minimum atomic E-state index is -2.74. The summed E-state index contributed by atoms with van der Waals surface area (Å²) in [5.41, 5.74) is 0. The molecule has 0 aromatic rings. The number of nitrogens with zero attached hydrogens (tertiary/aromatic N) is 1. The van der Waals surface area contributed by atoms with Gasteiger partial charge in [-0.3, -0.25) is 10.1 Å². The molecule has 0 aromatic heterocycles. The van der Waals surface area contributed by atoms with Crippen LogP contribution < -0.4 is 0 Å². The second-order valence-corrected chi connectivity index (χ2v) is 0.961. The molecule has 0 aliphatic rings. The van der Waals surface area contributed by atoms with Gasteiger partial charge in [-0.2, -0.15) is 0 Å². The summed E-state index contributed by atoms with van der Waals surface area (Å²) in [6.07, 6.45) is -2.31. The predicted molar refractivity (Wildman–Crippen MR) is 22.1 cm³/mol. The molecule has 46 valence electrons. The molecule has 8 heavy (non-hydrogen) atoms. The highest BCUT2D eigenvalue weighted by atomic mass is 19.3. The van der Waals surface area contributed by atoms with Crippen LogP contribution in [0.15, 0.2) is 12.3 Å². The summed E-state index contributed by atoms with van der Waals surface area (Å²) >= 11 is 0. The number of rotatable bonds is 2. The lowest BCUT2D eigenvalue weighted by atomic mass is 10.6. The summed E-state index contributed by atoms with van der Waals surface area (Å²) in [6, 6.07) is 0. The molecule has 5 heteroatoms. The Bertz CT molecular complexity index is 112. The fourth-order valence-electron chi connectivity index (χ4n) is 0.135. The molecule has 0 aromatic carbocycles. The van der Waals surface area contributed by atoms with Gasteiger partial charge in [-0.05, 0) is 0 Å². The molecular weight excluding hydrogens is 120 g/mol. The van der Waals surface area contributed by atoms with E-state index >= 15 is 0 Å². The number of alkyl halides is 2. The molecule has 3 nitrogen and oxygen atoms in total. The normalized spacial score (nSPS) is 10.9. The van der Waals surface area contributed by atoms with Crippen LogP contribution in [0.4, 0.5) is 8.78 Å². The summed E-state index contributed by atoms with van der Waals surface area (Å²) in [6.45, 7) is 0. The van der Waals surface area contributed by atoms with E-state index in [0.717, 1.165) is 0 Å². The highest BCUT2D eigenvalue weighted by Gasteiger charge is 1.95. The van der Waals surface area contributed by atoms with Crippen LogP contribution in [0.2, 0.25) is 0 Å². The number of nitro groups is 1. The van der Waals surface area contributed by atoms with Gasteiger partial charge in [0, 0.05) is 0 Å². The van der Waals surface area contributed by atoms with Crippen LogP contribution in [-0.2, 0) is 0 Å². The van der Waals surface area contributed by atoms with Crippen molar-refractivity contribution in [3.05, 3.63) is 22.4 Å². The van der Waals surface area contributed by atoms with Gasteiger partial charge >= 0.3 is 0 Å². The summed E-state index contributed by atoms with van der Waals surface area (Å²) in [7, 11) is 0. The van der Waals surface area contributed by atoms with E-state index in [2.05, 4.69) is 0 Å². The van der Waals surface area contributed by atoms with Gasteiger partial charge in [-0.25, -0.2) is 8.78 Å². The maximum Gasteiger partial charge on any atom is 0.263 e. The van der Waals surface area contributed by atoms with E-state index in [1.165, 1.54) is 0 Å². The van der Waals surface area contributed by atoms with Gasteiger partial charge in [0.05, 0.1) is 11.0 Å². The smallest absolute Gasteiger partial charge is 0.259 e. The molecule has 0 N–H and O–H groups in total. The quantitative estimate of drug-likeness (QED) is 0.406. The van der Waals surface area contributed by atoms with E-state index < -0.39 is 11.3 Å². The zero-order valence-corrected chi connectivity index (χ0v) is 3.75. The lowest BCUT2D eigenvalue weighted by Gasteiger charge is -1.79. The Morgan fingerprint density at radius 1 is 1.62 bits per heavy atom. The third-order valence-corrected chi connectivity index (χ3v) is 0.353. The first-order chi connectivity index (χ1) is 3.63. The van der Waals surface area contributed by atoms with Crippen molar-refractivity contribution in [2.75, 3.05) is 0 Å². The van der Waals surface area contributed by atoms with E-state index in [-0.39, 0.29) is 12.3 Å². The Kier molecular flexibility index (Phi) is 2.68. The van der Waals surface area contributed by atoms with Crippen molar-refractivity contribution >= 4 is 0 Å². The van der Waals surface area contributed by atoms with Crippen molar-refractivity contribution in [3.63, 3.8) is 0 Å². The second kappa shape index (κ2) is 3.06. The summed E-state index contributed by atoms with van der Waals surface area (Å²) in [5, 5.41) is 9.29. The predicted octanol–water partition coefficient (Wildman–Crippen LogP) is 1.04. The molecule has 0 aliphatic carbocycles. The van der Waals surface area contributed by atoms with Gasteiger partial charge < -0.3 is 0 Å². The first-order valence-corrected chi connectivity index (χ1v) is 1.73. The van der Waals surface area contributed by atoms with Crippen molar-refractivity contribution in [2.24, 2.45) is 0 Å². The molecular formula is C3H3F2NO2. The first kappa shape index (κ1) is 7.00. The van der Waals surface area contributed by atoms with Gasteiger partial charge in [0.2, 0.25) is 6.20 Å². The Morgan fingerprint density at radius 3 is 2.25 bits per heavy atom. The Balaban J connectivity index is 3.50. The maximum absolute atomic E-state index is 11.0. The summed E-state index contributed by atoms with van der Waals surface area (Å²) < 4.78 is 22.0. The molecule has 0 amide bonds. The molecule has 0 radical (unpaired) electrons. The second-order valence-electron chi connectivity index (χ2n) is 0.961. The maximum atomic E-state index is 11.0. The van der Waals surface area contributed by atoms with Gasteiger partial charge in [-0.15, -0.1) is 0 Å².